The van der Waals surface area contributed by atoms with Gasteiger partial charge in [0.1, 0.15) is 18.5 Å². The minimum Gasteiger partial charge on any atom is -0.490 e. The highest BCUT2D eigenvalue weighted by Gasteiger charge is 2.20. The van der Waals surface area contributed by atoms with Crippen molar-refractivity contribution in [1.82, 2.24) is 0 Å². The van der Waals surface area contributed by atoms with E-state index in [0.717, 1.165) is 43.2 Å². The van der Waals surface area contributed by atoms with E-state index in [-0.39, 0.29) is 19.6 Å². The van der Waals surface area contributed by atoms with Crippen LogP contribution in [0.2, 0.25) is 0 Å². The number of hydrogen-bond donors (Lipinski definition) is 1. The zero-order valence-corrected chi connectivity index (χ0v) is 15.8. The van der Waals surface area contributed by atoms with Crippen LogP contribution in [0.4, 0.5) is 8.78 Å². The van der Waals surface area contributed by atoms with Crippen molar-refractivity contribution < 1.29 is 18.6 Å². The summed E-state index contributed by atoms with van der Waals surface area (Å²) in [6.45, 7) is -0.0343. The lowest BCUT2D eigenvalue weighted by Gasteiger charge is -2.15. The van der Waals surface area contributed by atoms with Crippen LogP contribution in [0.1, 0.15) is 44.9 Å². The molecule has 0 fully saturated rings. The molecule has 0 aliphatic carbocycles. The summed E-state index contributed by atoms with van der Waals surface area (Å²) in [5, 5.41) is 8.70. The fourth-order valence-electron chi connectivity index (χ4n) is 2.99. The molecule has 0 aliphatic rings. The molecule has 1 N–H and O–H groups in total. The van der Waals surface area contributed by atoms with Gasteiger partial charge in [-0.05, 0) is 36.1 Å². The highest BCUT2D eigenvalue weighted by Crippen LogP contribution is 2.23. The zero-order valence-electron chi connectivity index (χ0n) is 15.8. The van der Waals surface area contributed by atoms with Crippen LogP contribution in [0.15, 0.2) is 54.6 Å². The van der Waals surface area contributed by atoms with E-state index in [1.165, 1.54) is 0 Å². The summed E-state index contributed by atoms with van der Waals surface area (Å²) in [6.07, 6.45) is 2.61. The Morgan fingerprint density at radius 1 is 0.704 bits per heavy atom. The smallest absolute Gasteiger partial charge is 0.165 e. The van der Waals surface area contributed by atoms with Gasteiger partial charge in [-0.3, -0.25) is 0 Å². The largest absolute Gasteiger partial charge is 0.490 e. The van der Waals surface area contributed by atoms with Gasteiger partial charge in [0.2, 0.25) is 0 Å². The molecule has 148 valence electrons. The molecule has 2 atom stereocenters. The van der Waals surface area contributed by atoms with Gasteiger partial charge in [0.05, 0.1) is 0 Å². The fraction of sp³-hybridized carbons (Fsp3) is 0.478. The van der Waals surface area contributed by atoms with Gasteiger partial charge in [-0.1, -0.05) is 74.6 Å². The van der Waals surface area contributed by atoms with Gasteiger partial charge in [-0.2, -0.15) is 0 Å². The van der Waals surface area contributed by atoms with Crippen LogP contribution in [0.25, 0.3) is 11.1 Å². The Morgan fingerprint density at radius 3 is 1.96 bits per heavy atom. The lowest BCUT2D eigenvalue weighted by Crippen LogP contribution is -2.24. The molecule has 2 aromatic carbocycles. The first-order valence-electron chi connectivity index (χ1n) is 9.88. The summed E-state index contributed by atoms with van der Waals surface area (Å²) in [7, 11) is 0. The van der Waals surface area contributed by atoms with E-state index < -0.39 is 12.3 Å². The summed E-state index contributed by atoms with van der Waals surface area (Å²) in [4.78, 5) is 0. The molecule has 0 heterocycles. The average molecular weight is 376 g/mol. The Morgan fingerprint density at radius 2 is 1.30 bits per heavy atom. The Hall–Kier alpha value is -1.94. The third-order valence-electron chi connectivity index (χ3n) is 4.65. The average Bonchev–Trinajstić information content (AvgIpc) is 2.72. The van der Waals surface area contributed by atoms with Crippen LogP contribution in [0.3, 0.4) is 0 Å². The van der Waals surface area contributed by atoms with Crippen molar-refractivity contribution in [1.29, 1.82) is 0 Å². The third kappa shape index (κ3) is 8.08. The summed E-state index contributed by atoms with van der Waals surface area (Å²) >= 11 is 0. The van der Waals surface area contributed by atoms with Gasteiger partial charge in [-0.25, -0.2) is 8.78 Å². The second-order valence-electron chi connectivity index (χ2n) is 6.87. The number of aliphatic hydroxyl groups excluding tert-OH is 1. The van der Waals surface area contributed by atoms with Crippen LogP contribution in [0, 0.1) is 0 Å². The van der Waals surface area contributed by atoms with Gasteiger partial charge in [-0.15, -0.1) is 0 Å². The Bertz CT molecular complexity index is 616. The van der Waals surface area contributed by atoms with Crippen molar-refractivity contribution in [3.63, 3.8) is 0 Å². The van der Waals surface area contributed by atoms with E-state index in [4.69, 9.17) is 9.84 Å². The predicted molar refractivity (Wildman–Crippen MR) is 107 cm³/mol. The standard InChI is InChI=1S/C23H30F2O2/c24-22(12-8-3-1-2-4-9-17-26)23(25)18-27-21-15-13-20(14-16-21)19-10-6-5-7-11-19/h5-7,10-11,13-16,22-23,26H,1-4,8-9,12,17-18H2. The van der Waals surface area contributed by atoms with Crippen LogP contribution < -0.4 is 4.74 Å². The maximum absolute atomic E-state index is 14.0. The van der Waals surface area contributed by atoms with Gasteiger partial charge in [0.25, 0.3) is 0 Å². The summed E-state index contributed by atoms with van der Waals surface area (Å²) in [6, 6.07) is 17.4. The van der Waals surface area contributed by atoms with Crippen molar-refractivity contribution in [2.45, 2.75) is 57.3 Å². The van der Waals surface area contributed by atoms with Gasteiger partial charge >= 0.3 is 0 Å². The number of halogens is 2. The van der Waals surface area contributed by atoms with Crippen LogP contribution in [0.5, 0.6) is 5.75 Å². The molecule has 0 spiro atoms. The quantitative estimate of drug-likeness (QED) is 0.426. The second kappa shape index (κ2) is 12.4. The Labute approximate surface area is 161 Å². The van der Waals surface area contributed by atoms with Crippen molar-refractivity contribution in [2.75, 3.05) is 13.2 Å². The molecule has 27 heavy (non-hydrogen) atoms. The molecular weight excluding hydrogens is 346 g/mol. The first kappa shape index (κ1) is 21.4. The molecule has 0 aromatic heterocycles. The Balaban J connectivity index is 1.65. The zero-order chi connectivity index (χ0) is 19.3. The minimum absolute atomic E-state index is 0.227. The highest BCUT2D eigenvalue weighted by atomic mass is 19.2. The molecule has 2 nitrogen and oxygen atoms in total. The monoisotopic (exact) mass is 376 g/mol. The van der Waals surface area contributed by atoms with Crippen molar-refractivity contribution in [3.05, 3.63) is 54.6 Å². The minimum atomic E-state index is -1.60. The Kier molecular flexibility index (Phi) is 9.85. The molecule has 0 saturated carbocycles. The SMILES string of the molecule is OCCCCCCCCC(F)C(F)COc1ccc(-c2ccccc2)cc1. The second-order valence-corrected chi connectivity index (χ2v) is 6.87. The van der Waals surface area contributed by atoms with E-state index in [1.807, 2.05) is 42.5 Å². The number of ether oxygens (including phenoxy) is 1. The maximum Gasteiger partial charge on any atom is 0.165 e. The molecule has 0 saturated heterocycles. The van der Waals surface area contributed by atoms with Crippen LogP contribution in [-0.4, -0.2) is 30.7 Å². The van der Waals surface area contributed by atoms with Crippen molar-refractivity contribution in [3.8, 4) is 16.9 Å². The molecular formula is C23H30F2O2. The molecule has 4 heteroatoms. The van der Waals surface area contributed by atoms with E-state index in [0.29, 0.717) is 12.2 Å². The van der Waals surface area contributed by atoms with Crippen LogP contribution >= 0.6 is 0 Å². The molecule has 0 radical (unpaired) electrons. The molecule has 0 aliphatic heterocycles. The number of unbranched alkanes of at least 4 members (excludes halogenated alkanes) is 5. The highest BCUT2D eigenvalue weighted by molar-refractivity contribution is 5.63. The number of alkyl halides is 2. The molecule has 0 amide bonds. The van der Waals surface area contributed by atoms with E-state index in [2.05, 4.69) is 0 Å². The van der Waals surface area contributed by atoms with E-state index in [1.54, 1.807) is 12.1 Å². The third-order valence-corrected chi connectivity index (χ3v) is 4.65. The van der Waals surface area contributed by atoms with Gasteiger partial charge < -0.3 is 9.84 Å². The van der Waals surface area contributed by atoms with Gasteiger partial charge in [0.15, 0.2) is 6.17 Å². The van der Waals surface area contributed by atoms with E-state index in [9.17, 15) is 8.78 Å². The first-order chi connectivity index (χ1) is 13.2. The lowest BCUT2D eigenvalue weighted by atomic mass is 10.1. The van der Waals surface area contributed by atoms with E-state index >= 15 is 0 Å². The van der Waals surface area contributed by atoms with Crippen LogP contribution in [-0.2, 0) is 0 Å². The molecule has 2 unspecified atom stereocenters. The normalized spacial score (nSPS) is 13.3. The fourth-order valence-corrected chi connectivity index (χ4v) is 2.99. The molecule has 0 bridgehead atoms. The number of aliphatic hydroxyl groups is 1. The topological polar surface area (TPSA) is 29.5 Å². The predicted octanol–water partition coefficient (Wildman–Crippen LogP) is 6.13. The van der Waals surface area contributed by atoms with Gasteiger partial charge in [0, 0.05) is 6.61 Å². The van der Waals surface area contributed by atoms with Crippen molar-refractivity contribution in [2.24, 2.45) is 0 Å². The molecule has 2 rings (SSSR count). The molecule has 2 aromatic rings. The maximum atomic E-state index is 14.0. The number of hydrogen-bond acceptors (Lipinski definition) is 2. The number of rotatable bonds is 13. The summed E-state index contributed by atoms with van der Waals surface area (Å²) < 4.78 is 33.3. The van der Waals surface area contributed by atoms with Crippen molar-refractivity contribution >= 4 is 0 Å². The first-order valence-corrected chi connectivity index (χ1v) is 9.88. The number of benzene rings is 2. The summed E-state index contributed by atoms with van der Waals surface area (Å²) in [5.74, 6) is 0.549. The lowest BCUT2D eigenvalue weighted by molar-refractivity contribution is 0.101. The summed E-state index contributed by atoms with van der Waals surface area (Å²) in [5.41, 5.74) is 2.16.